The van der Waals surface area contributed by atoms with Gasteiger partial charge in [0.1, 0.15) is 11.6 Å². The van der Waals surface area contributed by atoms with Crippen LogP contribution in [0.25, 0.3) is 0 Å². The predicted octanol–water partition coefficient (Wildman–Crippen LogP) is 4.40. The molecule has 1 aromatic heterocycles. The molecule has 2 unspecified atom stereocenters. The Kier molecular flexibility index (Phi) is 5.31. The molecule has 2 aromatic rings. The number of halogens is 2. The van der Waals surface area contributed by atoms with Gasteiger partial charge >= 0.3 is 0 Å². The van der Waals surface area contributed by atoms with Gasteiger partial charge in [-0.1, -0.05) is 6.07 Å². The van der Waals surface area contributed by atoms with E-state index in [0.717, 1.165) is 21.5 Å². The summed E-state index contributed by atoms with van der Waals surface area (Å²) in [6.07, 6.45) is 1.24. The van der Waals surface area contributed by atoms with Gasteiger partial charge in [-0.15, -0.1) is 0 Å². The Balaban J connectivity index is 2.08. The number of methoxy groups -OCH3 is 1. The molecule has 0 saturated carbocycles. The van der Waals surface area contributed by atoms with E-state index in [1.54, 1.807) is 13.2 Å². The van der Waals surface area contributed by atoms with Crippen molar-refractivity contribution >= 4 is 15.9 Å². The third-order valence-electron chi connectivity index (χ3n) is 3.37. The first-order valence-corrected chi connectivity index (χ1v) is 7.51. The number of nitrogens with one attached hydrogen (secondary N) is 1. The topological polar surface area (TPSA) is 34.1 Å². The van der Waals surface area contributed by atoms with E-state index in [1.807, 2.05) is 25.1 Å². The first kappa shape index (κ1) is 15.9. The maximum Gasteiger partial charge on any atom is 0.141 e. The number of benzene rings is 1. The Morgan fingerprint density at radius 2 is 1.95 bits per heavy atom. The molecule has 3 nitrogen and oxygen atoms in total. The van der Waals surface area contributed by atoms with E-state index in [1.165, 1.54) is 12.3 Å². The number of hydrogen-bond donors (Lipinski definition) is 1. The molecule has 0 aliphatic heterocycles. The maximum absolute atomic E-state index is 12.9. The smallest absolute Gasteiger partial charge is 0.141 e. The third-order valence-corrected chi connectivity index (χ3v) is 3.99. The summed E-state index contributed by atoms with van der Waals surface area (Å²) in [5.74, 6) is 0.484. The van der Waals surface area contributed by atoms with Gasteiger partial charge in [0.15, 0.2) is 0 Å². The molecule has 21 heavy (non-hydrogen) atoms. The molecular formula is C16H18BrFN2O. The molecule has 0 aliphatic rings. The van der Waals surface area contributed by atoms with Gasteiger partial charge in [-0.25, -0.2) is 4.39 Å². The Morgan fingerprint density at radius 1 is 1.19 bits per heavy atom. The van der Waals surface area contributed by atoms with E-state index < -0.39 is 0 Å². The molecule has 1 N–H and O–H groups in total. The minimum absolute atomic E-state index is 0.0291. The molecule has 2 atom stereocenters. The molecule has 0 bridgehead atoms. The van der Waals surface area contributed by atoms with Crippen molar-refractivity contribution in [1.82, 2.24) is 10.3 Å². The molecule has 2 rings (SSSR count). The zero-order valence-electron chi connectivity index (χ0n) is 12.2. The summed E-state index contributed by atoms with van der Waals surface area (Å²) < 4.78 is 19.0. The summed E-state index contributed by atoms with van der Waals surface area (Å²) in [6.45, 7) is 4.09. The third kappa shape index (κ3) is 4.02. The quantitative estimate of drug-likeness (QED) is 0.865. The highest BCUT2D eigenvalue weighted by molar-refractivity contribution is 9.10. The van der Waals surface area contributed by atoms with E-state index in [-0.39, 0.29) is 17.9 Å². The fraction of sp³-hybridized carbons (Fsp3) is 0.312. The van der Waals surface area contributed by atoms with Crippen LogP contribution in [0.15, 0.2) is 41.0 Å². The van der Waals surface area contributed by atoms with Crippen molar-refractivity contribution in [2.24, 2.45) is 0 Å². The van der Waals surface area contributed by atoms with Crippen LogP contribution in [0.5, 0.6) is 5.75 Å². The lowest BCUT2D eigenvalue weighted by Gasteiger charge is -2.20. The number of ether oxygens (including phenoxy) is 1. The molecular weight excluding hydrogens is 335 g/mol. The fourth-order valence-electron chi connectivity index (χ4n) is 2.15. The normalized spacial score (nSPS) is 13.8. The van der Waals surface area contributed by atoms with Gasteiger partial charge in [-0.2, -0.15) is 0 Å². The summed E-state index contributed by atoms with van der Waals surface area (Å²) in [5, 5.41) is 3.45. The van der Waals surface area contributed by atoms with Crippen molar-refractivity contribution in [3.05, 3.63) is 58.1 Å². The second kappa shape index (κ2) is 7.00. The van der Waals surface area contributed by atoms with Crippen LogP contribution >= 0.6 is 15.9 Å². The summed E-state index contributed by atoms with van der Waals surface area (Å²) in [7, 11) is 1.64. The minimum atomic E-state index is -0.321. The van der Waals surface area contributed by atoms with Crippen LogP contribution < -0.4 is 10.1 Å². The zero-order valence-corrected chi connectivity index (χ0v) is 13.8. The highest BCUT2D eigenvalue weighted by Gasteiger charge is 2.13. The van der Waals surface area contributed by atoms with Gasteiger partial charge < -0.3 is 10.1 Å². The molecule has 0 aliphatic carbocycles. The largest absolute Gasteiger partial charge is 0.496 e. The lowest BCUT2D eigenvalue weighted by atomic mass is 10.1. The van der Waals surface area contributed by atoms with Crippen LogP contribution in [0.2, 0.25) is 0 Å². The molecule has 0 fully saturated rings. The van der Waals surface area contributed by atoms with Gasteiger partial charge in [0.25, 0.3) is 0 Å². The van der Waals surface area contributed by atoms with Crippen molar-refractivity contribution in [2.45, 2.75) is 25.9 Å². The van der Waals surface area contributed by atoms with Crippen LogP contribution in [-0.2, 0) is 0 Å². The van der Waals surface area contributed by atoms with Gasteiger partial charge in [-0.05, 0) is 59.6 Å². The van der Waals surface area contributed by atoms with Crippen LogP contribution in [-0.4, -0.2) is 12.1 Å². The summed E-state index contributed by atoms with van der Waals surface area (Å²) >= 11 is 3.49. The van der Waals surface area contributed by atoms with Gasteiger partial charge in [0, 0.05) is 12.1 Å². The average Bonchev–Trinajstić information content (AvgIpc) is 2.47. The molecule has 0 amide bonds. The highest BCUT2D eigenvalue weighted by Crippen LogP contribution is 2.28. The van der Waals surface area contributed by atoms with Gasteiger partial charge in [-0.3, -0.25) is 4.98 Å². The molecule has 5 heteroatoms. The van der Waals surface area contributed by atoms with E-state index in [2.05, 4.69) is 33.2 Å². The number of aromatic nitrogens is 1. The van der Waals surface area contributed by atoms with Crippen molar-refractivity contribution < 1.29 is 9.13 Å². The second-order valence-corrected chi connectivity index (χ2v) is 5.76. The lowest BCUT2D eigenvalue weighted by Crippen LogP contribution is -2.23. The SMILES string of the molecule is COc1ccc(C(C)NC(C)c2ccc(F)cn2)cc1Br. The molecule has 0 saturated heterocycles. The summed E-state index contributed by atoms with van der Waals surface area (Å²) in [6, 6.07) is 9.26. The lowest BCUT2D eigenvalue weighted by molar-refractivity contribution is 0.411. The van der Waals surface area contributed by atoms with E-state index in [9.17, 15) is 4.39 Å². The number of rotatable bonds is 5. The highest BCUT2D eigenvalue weighted by atomic mass is 79.9. The predicted molar refractivity (Wildman–Crippen MR) is 84.9 cm³/mol. The summed E-state index contributed by atoms with van der Waals surface area (Å²) in [4.78, 5) is 4.10. The number of hydrogen-bond acceptors (Lipinski definition) is 3. The van der Waals surface area contributed by atoms with E-state index in [4.69, 9.17) is 4.74 Å². The summed E-state index contributed by atoms with van der Waals surface area (Å²) in [5.41, 5.74) is 1.95. The van der Waals surface area contributed by atoms with E-state index >= 15 is 0 Å². The Morgan fingerprint density at radius 3 is 2.52 bits per heavy atom. The van der Waals surface area contributed by atoms with Crippen LogP contribution in [0.3, 0.4) is 0 Å². The van der Waals surface area contributed by atoms with Gasteiger partial charge in [0.2, 0.25) is 0 Å². The van der Waals surface area contributed by atoms with Gasteiger partial charge in [0.05, 0.1) is 23.5 Å². The Bertz CT molecular complexity index is 604. The molecule has 1 heterocycles. The first-order chi connectivity index (χ1) is 10.0. The number of nitrogens with zero attached hydrogens (tertiary/aromatic N) is 1. The van der Waals surface area contributed by atoms with E-state index in [0.29, 0.717) is 0 Å². The number of pyridine rings is 1. The maximum atomic E-state index is 12.9. The molecule has 0 spiro atoms. The molecule has 112 valence electrons. The van der Waals surface area contributed by atoms with Crippen LogP contribution in [0, 0.1) is 5.82 Å². The Labute approximate surface area is 132 Å². The van der Waals surface area contributed by atoms with Crippen LogP contribution in [0.1, 0.15) is 37.2 Å². The monoisotopic (exact) mass is 352 g/mol. The van der Waals surface area contributed by atoms with Crippen molar-refractivity contribution in [3.8, 4) is 5.75 Å². The molecule has 0 radical (unpaired) electrons. The standard InChI is InChI=1S/C16H18BrFN2O/c1-10(12-4-7-16(21-3)14(17)8-12)20-11(2)15-6-5-13(18)9-19-15/h4-11,20H,1-3H3. The zero-order chi connectivity index (χ0) is 15.4. The van der Waals surface area contributed by atoms with Crippen molar-refractivity contribution in [1.29, 1.82) is 0 Å². The Hall–Kier alpha value is -1.46. The average molecular weight is 353 g/mol. The first-order valence-electron chi connectivity index (χ1n) is 6.72. The van der Waals surface area contributed by atoms with Crippen molar-refractivity contribution in [3.63, 3.8) is 0 Å². The van der Waals surface area contributed by atoms with Crippen molar-refractivity contribution in [2.75, 3.05) is 7.11 Å². The second-order valence-electron chi connectivity index (χ2n) is 4.91. The van der Waals surface area contributed by atoms with Crippen LogP contribution in [0.4, 0.5) is 4.39 Å². The minimum Gasteiger partial charge on any atom is -0.496 e. The molecule has 1 aromatic carbocycles. The fourth-order valence-corrected chi connectivity index (χ4v) is 2.71.